The van der Waals surface area contributed by atoms with Gasteiger partial charge in [-0.25, -0.2) is 4.98 Å². The molecule has 0 atom stereocenters. The average Bonchev–Trinajstić information content (AvgIpc) is 3.01. The highest BCUT2D eigenvalue weighted by Gasteiger charge is 2.11. The van der Waals surface area contributed by atoms with Crippen LogP contribution in [0.15, 0.2) is 23.4 Å². The van der Waals surface area contributed by atoms with Crippen LogP contribution in [0.25, 0.3) is 0 Å². The van der Waals surface area contributed by atoms with E-state index in [4.69, 9.17) is 9.47 Å². The van der Waals surface area contributed by atoms with Crippen molar-refractivity contribution in [2.75, 3.05) is 26.5 Å². The number of aromatic amines is 1. The Bertz CT molecular complexity index is 653. The molecule has 1 heterocycles. The van der Waals surface area contributed by atoms with Gasteiger partial charge in [0.15, 0.2) is 0 Å². The molecule has 0 aliphatic carbocycles. The molecule has 2 N–H and O–H groups in total. The lowest BCUT2D eigenvalue weighted by atomic mass is 10.1. The number of methoxy groups -OCH3 is 2. The number of thioether (sulfide) groups is 1. The lowest BCUT2D eigenvalue weighted by Gasteiger charge is -2.12. The normalized spacial score (nSPS) is 10.5. The minimum Gasteiger partial charge on any atom is -0.496 e. The number of nitrogens with zero attached hydrogens (tertiary/aromatic N) is 2. The molecule has 24 heavy (non-hydrogen) atoms. The monoisotopic (exact) mass is 350 g/mol. The Hall–Kier alpha value is -2.22. The van der Waals surface area contributed by atoms with E-state index in [-0.39, 0.29) is 5.91 Å². The Morgan fingerprint density at radius 3 is 2.58 bits per heavy atom. The highest BCUT2D eigenvalue weighted by atomic mass is 32.2. The highest BCUT2D eigenvalue weighted by molar-refractivity contribution is 7.99. The summed E-state index contributed by atoms with van der Waals surface area (Å²) < 4.78 is 10.7. The molecule has 0 saturated carbocycles. The SMILES string of the molecule is COc1cccc(OC)c1CCC(=O)NCCSc1n[nH]c(C)n1. The first-order chi connectivity index (χ1) is 11.6. The van der Waals surface area contributed by atoms with Crippen molar-refractivity contribution in [2.45, 2.75) is 24.9 Å². The van der Waals surface area contributed by atoms with Gasteiger partial charge < -0.3 is 14.8 Å². The van der Waals surface area contributed by atoms with Gasteiger partial charge in [-0.3, -0.25) is 9.89 Å². The summed E-state index contributed by atoms with van der Waals surface area (Å²) in [5.74, 6) is 2.97. The van der Waals surface area contributed by atoms with Crippen molar-refractivity contribution in [1.82, 2.24) is 20.5 Å². The molecule has 0 fully saturated rings. The summed E-state index contributed by atoms with van der Waals surface area (Å²) in [7, 11) is 3.22. The number of hydrogen-bond acceptors (Lipinski definition) is 6. The van der Waals surface area contributed by atoms with Gasteiger partial charge in [-0.2, -0.15) is 0 Å². The Kier molecular flexibility index (Phi) is 6.92. The molecule has 0 aliphatic rings. The van der Waals surface area contributed by atoms with E-state index >= 15 is 0 Å². The molecule has 1 aromatic heterocycles. The van der Waals surface area contributed by atoms with Gasteiger partial charge in [0.05, 0.1) is 14.2 Å². The Labute approximate surface area is 145 Å². The smallest absolute Gasteiger partial charge is 0.220 e. The van der Waals surface area contributed by atoms with Crippen molar-refractivity contribution in [2.24, 2.45) is 0 Å². The van der Waals surface area contributed by atoms with Gasteiger partial charge in [0.2, 0.25) is 11.1 Å². The molecule has 130 valence electrons. The minimum absolute atomic E-state index is 0.00488. The molecule has 0 saturated heterocycles. The standard InChI is InChI=1S/C16H22N4O3S/c1-11-18-16(20-19-11)24-10-9-17-15(21)8-7-12-13(22-2)5-4-6-14(12)23-3/h4-6H,7-10H2,1-3H3,(H,17,21)(H,18,19,20). The third kappa shape index (κ3) is 5.16. The van der Waals surface area contributed by atoms with E-state index < -0.39 is 0 Å². The van der Waals surface area contributed by atoms with Crippen molar-refractivity contribution in [3.63, 3.8) is 0 Å². The van der Waals surface area contributed by atoms with Crippen molar-refractivity contribution in [1.29, 1.82) is 0 Å². The van der Waals surface area contributed by atoms with E-state index in [0.717, 1.165) is 28.6 Å². The van der Waals surface area contributed by atoms with Gasteiger partial charge in [0.25, 0.3) is 0 Å². The van der Waals surface area contributed by atoms with Crippen molar-refractivity contribution in [3.8, 4) is 11.5 Å². The molecule has 0 bridgehead atoms. The first-order valence-corrected chi connectivity index (χ1v) is 8.61. The fourth-order valence-electron chi connectivity index (χ4n) is 2.22. The fourth-order valence-corrected chi connectivity index (χ4v) is 2.92. The van der Waals surface area contributed by atoms with Gasteiger partial charge in [0.1, 0.15) is 17.3 Å². The molecule has 8 heteroatoms. The van der Waals surface area contributed by atoms with E-state index in [9.17, 15) is 4.79 Å². The topological polar surface area (TPSA) is 89.1 Å². The van der Waals surface area contributed by atoms with Crippen LogP contribution in [0.3, 0.4) is 0 Å². The highest BCUT2D eigenvalue weighted by Crippen LogP contribution is 2.29. The number of aryl methyl sites for hydroxylation is 1. The zero-order valence-corrected chi connectivity index (χ0v) is 14.9. The van der Waals surface area contributed by atoms with E-state index in [2.05, 4.69) is 20.5 Å². The Morgan fingerprint density at radius 1 is 1.29 bits per heavy atom. The zero-order chi connectivity index (χ0) is 17.4. The second-order valence-corrected chi connectivity index (χ2v) is 6.10. The van der Waals surface area contributed by atoms with Crippen LogP contribution >= 0.6 is 11.8 Å². The summed E-state index contributed by atoms with van der Waals surface area (Å²) in [6.45, 7) is 2.42. The lowest BCUT2D eigenvalue weighted by Crippen LogP contribution is -2.26. The van der Waals surface area contributed by atoms with Gasteiger partial charge in [-0.15, -0.1) is 5.10 Å². The number of carbonyl (C=O) groups is 1. The molecule has 1 amide bonds. The third-order valence-corrected chi connectivity index (χ3v) is 4.21. The van der Waals surface area contributed by atoms with Gasteiger partial charge in [0, 0.05) is 24.3 Å². The van der Waals surface area contributed by atoms with E-state index in [0.29, 0.717) is 24.5 Å². The molecule has 0 aliphatic heterocycles. The number of aromatic nitrogens is 3. The number of nitrogens with one attached hydrogen (secondary N) is 2. The summed E-state index contributed by atoms with van der Waals surface area (Å²) in [6.07, 6.45) is 0.938. The van der Waals surface area contributed by atoms with Crippen LogP contribution in [0.5, 0.6) is 11.5 Å². The van der Waals surface area contributed by atoms with Crippen LogP contribution in [0.1, 0.15) is 17.8 Å². The Balaban J connectivity index is 1.75. The maximum atomic E-state index is 12.0. The first kappa shape index (κ1) is 18.1. The van der Waals surface area contributed by atoms with Crippen LogP contribution in [0.4, 0.5) is 0 Å². The van der Waals surface area contributed by atoms with Crippen molar-refractivity contribution in [3.05, 3.63) is 29.6 Å². The summed E-state index contributed by atoms with van der Waals surface area (Å²) in [4.78, 5) is 16.2. The molecule has 2 rings (SSSR count). The molecule has 7 nitrogen and oxygen atoms in total. The fraction of sp³-hybridized carbons (Fsp3) is 0.438. The van der Waals surface area contributed by atoms with Gasteiger partial charge in [-0.05, 0) is 25.5 Å². The van der Waals surface area contributed by atoms with E-state index in [1.165, 1.54) is 11.8 Å². The minimum atomic E-state index is -0.00488. The van der Waals surface area contributed by atoms with Crippen LogP contribution in [0, 0.1) is 6.92 Å². The quantitative estimate of drug-likeness (QED) is 0.531. The predicted octanol–water partition coefficient (Wildman–Crippen LogP) is 1.97. The number of amides is 1. The van der Waals surface area contributed by atoms with Gasteiger partial charge >= 0.3 is 0 Å². The van der Waals surface area contributed by atoms with Crippen molar-refractivity contribution < 1.29 is 14.3 Å². The maximum Gasteiger partial charge on any atom is 0.220 e. The molecule has 0 unspecified atom stereocenters. The summed E-state index contributed by atoms with van der Waals surface area (Å²) in [5.41, 5.74) is 0.906. The second kappa shape index (κ2) is 9.17. The van der Waals surface area contributed by atoms with Crippen LogP contribution in [-0.4, -0.2) is 47.6 Å². The number of rotatable bonds is 9. The predicted molar refractivity (Wildman–Crippen MR) is 92.7 cm³/mol. The number of hydrogen-bond donors (Lipinski definition) is 2. The van der Waals surface area contributed by atoms with E-state index in [1.54, 1.807) is 14.2 Å². The number of H-pyrrole nitrogens is 1. The van der Waals surface area contributed by atoms with E-state index in [1.807, 2.05) is 25.1 Å². The summed E-state index contributed by atoms with van der Waals surface area (Å²) in [5, 5.41) is 10.4. The largest absolute Gasteiger partial charge is 0.496 e. The van der Waals surface area contributed by atoms with Gasteiger partial charge in [-0.1, -0.05) is 17.8 Å². The zero-order valence-electron chi connectivity index (χ0n) is 14.1. The molecule has 1 aromatic carbocycles. The molecular formula is C16H22N4O3S. The number of benzene rings is 1. The summed E-state index contributed by atoms with van der Waals surface area (Å²) in [6, 6.07) is 5.60. The van der Waals surface area contributed by atoms with Crippen molar-refractivity contribution >= 4 is 17.7 Å². The molecule has 0 radical (unpaired) electrons. The maximum absolute atomic E-state index is 12.0. The third-order valence-electron chi connectivity index (χ3n) is 3.36. The Morgan fingerprint density at radius 2 is 2.00 bits per heavy atom. The average molecular weight is 350 g/mol. The number of carbonyl (C=O) groups excluding carboxylic acids is 1. The summed E-state index contributed by atoms with van der Waals surface area (Å²) >= 11 is 1.50. The lowest BCUT2D eigenvalue weighted by molar-refractivity contribution is -0.120. The van der Waals surface area contributed by atoms with Crippen LogP contribution in [0.2, 0.25) is 0 Å². The molecule has 0 spiro atoms. The molecular weight excluding hydrogens is 328 g/mol. The second-order valence-electron chi connectivity index (χ2n) is 5.04. The van der Waals surface area contributed by atoms with Crippen LogP contribution in [-0.2, 0) is 11.2 Å². The van der Waals surface area contributed by atoms with Crippen LogP contribution < -0.4 is 14.8 Å². The first-order valence-electron chi connectivity index (χ1n) is 7.62. The number of ether oxygens (including phenoxy) is 2. The molecule has 2 aromatic rings.